The van der Waals surface area contributed by atoms with E-state index in [1.165, 1.54) is 6.07 Å². The third kappa shape index (κ3) is 2.91. The third-order valence-electron chi connectivity index (χ3n) is 2.80. The number of rotatable bonds is 4. The van der Waals surface area contributed by atoms with Gasteiger partial charge in [-0.1, -0.05) is 30.7 Å². The van der Waals surface area contributed by atoms with Crippen molar-refractivity contribution in [2.75, 3.05) is 6.54 Å². The molecule has 1 aromatic heterocycles. The first kappa shape index (κ1) is 13.5. The summed E-state index contributed by atoms with van der Waals surface area (Å²) in [4.78, 5) is 1.15. The minimum absolute atomic E-state index is 0.0757. The summed E-state index contributed by atoms with van der Waals surface area (Å²) in [6.45, 7) is 4.68. The normalized spacial score (nSPS) is 12.7. The van der Waals surface area contributed by atoms with Crippen LogP contribution in [0.5, 0.6) is 0 Å². The average molecular weight is 284 g/mol. The molecule has 1 N–H and O–H groups in total. The van der Waals surface area contributed by atoms with Crippen molar-refractivity contribution in [2.24, 2.45) is 0 Å². The SMILES string of the molecule is CCNC(c1ccc(F)c(C)c1)c1ccc(Cl)s1. The minimum Gasteiger partial charge on any atom is -0.306 e. The fourth-order valence-electron chi connectivity index (χ4n) is 1.92. The lowest BCUT2D eigenvalue weighted by Crippen LogP contribution is -2.21. The molecule has 0 spiro atoms. The summed E-state index contributed by atoms with van der Waals surface area (Å²) >= 11 is 7.53. The summed E-state index contributed by atoms with van der Waals surface area (Å²) < 4.78 is 14.1. The van der Waals surface area contributed by atoms with Crippen LogP contribution in [-0.2, 0) is 0 Å². The quantitative estimate of drug-likeness (QED) is 0.868. The largest absolute Gasteiger partial charge is 0.306 e. The lowest BCUT2D eigenvalue weighted by molar-refractivity contribution is 0.609. The van der Waals surface area contributed by atoms with Crippen LogP contribution >= 0.6 is 22.9 Å². The Morgan fingerprint density at radius 1 is 1.33 bits per heavy atom. The van der Waals surface area contributed by atoms with Crippen LogP contribution in [0.4, 0.5) is 4.39 Å². The maximum atomic E-state index is 13.3. The molecular formula is C14H15ClFNS. The molecule has 1 unspecified atom stereocenters. The number of benzene rings is 1. The van der Waals surface area contributed by atoms with Crippen LogP contribution in [0.2, 0.25) is 4.34 Å². The molecule has 0 aliphatic carbocycles. The Kier molecular flexibility index (Phi) is 4.38. The van der Waals surface area contributed by atoms with Gasteiger partial charge < -0.3 is 5.32 Å². The van der Waals surface area contributed by atoms with Gasteiger partial charge in [0.2, 0.25) is 0 Å². The summed E-state index contributed by atoms with van der Waals surface area (Å²) in [6, 6.07) is 9.21. The van der Waals surface area contributed by atoms with Crippen molar-refractivity contribution < 1.29 is 4.39 Å². The number of hydrogen-bond acceptors (Lipinski definition) is 2. The summed E-state index contributed by atoms with van der Waals surface area (Å²) in [6.07, 6.45) is 0. The van der Waals surface area contributed by atoms with Gasteiger partial charge in [0.25, 0.3) is 0 Å². The van der Waals surface area contributed by atoms with Crippen molar-refractivity contribution in [1.82, 2.24) is 5.32 Å². The van der Waals surface area contributed by atoms with Crippen molar-refractivity contribution in [3.05, 3.63) is 56.5 Å². The predicted octanol–water partition coefficient (Wildman–Crippen LogP) is 4.55. The fourth-order valence-corrected chi connectivity index (χ4v) is 3.08. The minimum atomic E-state index is -0.168. The van der Waals surface area contributed by atoms with E-state index in [0.29, 0.717) is 5.56 Å². The Bertz CT molecular complexity index is 538. The van der Waals surface area contributed by atoms with Crippen molar-refractivity contribution in [2.45, 2.75) is 19.9 Å². The second-order valence-electron chi connectivity index (χ2n) is 4.14. The molecule has 0 radical (unpaired) electrons. The molecule has 0 aliphatic rings. The maximum Gasteiger partial charge on any atom is 0.126 e. The summed E-state index contributed by atoms with van der Waals surface area (Å²) in [5.74, 6) is -0.168. The van der Waals surface area contributed by atoms with Crippen molar-refractivity contribution >= 4 is 22.9 Å². The molecule has 0 saturated heterocycles. The van der Waals surface area contributed by atoms with Crippen LogP contribution in [0, 0.1) is 12.7 Å². The van der Waals surface area contributed by atoms with Gasteiger partial charge in [-0.2, -0.15) is 0 Å². The molecule has 18 heavy (non-hydrogen) atoms. The van der Waals surface area contributed by atoms with E-state index in [-0.39, 0.29) is 11.9 Å². The van der Waals surface area contributed by atoms with E-state index in [0.717, 1.165) is 21.3 Å². The molecule has 1 atom stereocenters. The Morgan fingerprint density at radius 2 is 2.11 bits per heavy atom. The Hall–Kier alpha value is -0.900. The first-order valence-electron chi connectivity index (χ1n) is 5.86. The van der Waals surface area contributed by atoms with Gasteiger partial charge in [-0.05, 0) is 42.8 Å². The highest BCUT2D eigenvalue weighted by molar-refractivity contribution is 7.16. The zero-order valence-corrected chi connectivity index (χ0v) is 11.9. The van der Waals surface area contributed by atoms with E-state index >= 15 is 0 Å². The van der Waals surface area contributed by atoms with Crippen LogP contribution in [0.3, 0.4) is 0 Å². The van der Waals surface area contributed by atoms with Crippen LogP contribution < -0.4 is 5.32 Å². The number of halogens is 2. The molecular weight excluding hydrogens is 269 g/mol. The topological polar surface area (TPSA) is 12.0 Å². The predicted molar refractivity (Wildman–Crippen MR) is 76.0 cm³/mol. The van der Waals surface area contributed by atoms with Crippen molar-refractivity contribution in [3.8, 4) is 0 Å². The lowest BCUT2D eigenvalue weighted by atomic mass is 10.0. The standard InChI is InChI=1S/C14H15ClFNS/c1-3-17-14(12-6-7-13(15)18-12)10-4-5-11(16)9(2)8-10/h4-8,14,17H,3H2,1-2H3. The van der Waals surface area contributed by atoms with Crippen LogP contribution in [0.25, 0.3) is 0 Å². The molecule has 1 aromatic carbocycles. The van der Waals surface area contributed by atoms with Gasteiger partial charge in [-0.3, -0.25) is 0 Å². The third-order valence-corrected chi connectivity index (χ3v) is 4.10. The number of hydrogen-bond donors (Lipinski definition) is 1. The van der Waals surface area contributed by atoms with E-state index < -0.39 is 0 Å². The van der Waals surface area contributed by atoms with Gasteiger partial charge in [-0.25, -0.2) is 4.39 Å². The number of thiophene rings is 1. The molecule has 0 aliphatic heterocycles. The van der Waals surface area contributed by atoms with Gasteiger partial charge in [-0.15, -0.1) is 11.3 Å². The molecule has 4 heteroatoms. The second-order valence-corrected chi connectivity index (χ2v) is 5.89. The summed E-state index contributed by atoms with van der Waals surface area (Å²) in [7, 11) is 0. The van der Waals surface area contributed by atoms with Crippen molar-refractivity contribution in [1.29, 1.82) is 0 Å². The molecule has 0 amide bonds. The second kappa shape index (κ2) is 5.83. The molecule has 0 saturated carbocycles. The van der Waals surface area contributed by atoms with Gasteiger partial charge >= 0.3 is 0 Å². The molecule has 0 fully saturated rings. The maximum absolute atomic E-state index is 13.3. The molecule has 1 heterocycles. The fraction of sp³-hybridized carbons (Fsp3) is 0.286. The highest BCUT2D eigenvalue weighted by Gasteiger charge is 2.15. The first-order chi connectivity index (χ1) is 8.61. The van der Waals surface area contributed by atoms with E-state index in [4.69, 9.17) is 11.6 Å². The number of nitrogens with one attached hydrogen (secondary N) is 1. The van der Waals surface area contributed by atoms with E-state index in [9.17, 15) is 4.39 Å². The lowest BCUT2D eigenvalue weighted by Gasteiger charge is -2.17. The van der Waals surface area contributed by atoms with Gasteiger partial charge in [0.05, 0.1) is 10.4 Å². The molecule has 96 valence electrons. The molecule has 2 aromatic rings. The number of aryl methyl sites for hydroxylation is 1. The van der Waals surface area contributed by atoms with E-state index in [1.807, 2.05) is 24.3 Å². The van der Waals surface area contributed by atoms with Crippen LogP contribution in [0.1, 0.15) is 29.0 Å². The van der Waals surface area contributed by atoms with Crippen LogP contribution in [0.15, 0.2) is 30.3 Å². The molecule has 1 nitrogen and oxygen atoms in total. The first-order valence-corrected chi connectivity index (χ1v) is 7.06. The Balaban J connectivity index is 2.37. The molecule has 0 bridgehead atoms. The zero-order valence-electron chi connectivity index (χ0n) is 10.3. The molecule has 2 rings (SSSR count). The van der Waals surface area contributed by atoms with Gasteiger partial charge in [0.15, 0.2) is 0 Å². The zero-order chi connectivity index (χ0) is 13.1. The average Bonchev–Trinajstić information content (AvgIpc) is 2.76. The Labute approximate surface area is 116 Å². The smallest absolute Gasteiger partial charge is 0.126 e. The highest BCUT2D eigenvalue weighted by atomic mass is 35.5. The van der Waals surface area contributed by atoms with Gasteiger partial charge in [0.1, 0.15) is 5.82 Å². The van der Waals surface area contributed by atoms with E-state index in [2.05, 4.69) is 12.2 Å². The highest BCUT2D eigenvalue weighted by Crippen LogP contribution is 2.31. The monoisotopic (exact) mass is 283 g/mol. The van der Waals surface area contributed by atoms with E-state index in [1.54, 1.807) is 18.3 Å². The van der Waals surface area contributed by atoms with Crippen LogP contribution in [-0.4, -0.2) is 6.54 Å². The summed E-state index contributed by atoms with van der Waals surface area (Å²) in [5, 5.41) is 3.40. The Morgan fingerprint density at radius 3 is 2.67 bits per heavy atom. The van der Waals surface area contributed by atoms with Crippen molar-refractivity contribution in [3.63, 3.8) is 0 Å². The van der Waals surface area contributed by atoms with Gasteiger partial charge in [0, 0.05) is 4.88 Å². The summed E-state index contributed by atoms with van der Waals surface area (Å²) in [5.41, 5.74) is 1.73.